The van der Waals surface area contributed by atoms with E-state index in [9.17, 15) is 9.59 Å². The summed E-state index contributed by atoms with van der Waals surface area (Å²) >= 11 is 1.50. The molecule has 0 saturated heterocycles. The molecular formula is C20H23NO3S. The van der Waals surface area contributed by atoms with Crippen LogP contribution in [0.3, 0.4) is 0 Å². The van der Waals surface area contributed by atoms with E-state index in [4.69, 9.17) is 4.74 Å². The number of carbonyl (C=O) groups is 2. The van der Waals surface area contributed by atoms with Crippen LogP contribution in [0.25, 0.3) is 0 Å². The second-order valence-corrected chi connectivity index (χ2v) is 7.99. The Labute approximate surface area is 152 Å². The predicted molar refractivity (Wildman–Crippen MR) is 100 cm³/mol. The van der Waals surface area contributed by atoms with E-state index in [0.717, 1.165) is 29.7 Å². The number of amides is 1. The molecule has 0 saturated carbocycles. The molecule has 1 atom stereocenters. The van der Waals surface area contributed by atoms with Crippen molar-refractivity contribution < 1.29 is 14.3 Å². The third-order valence-electron chi connectivity index (χ3n) is 4.52. The molecule has 132 valence electrons. The molecule has 1 aromatic heterocycles. The van der Waals surface area contributed by atoms with Gasteiger partial charge < -0.3 is 10.1 Å². The van der Waals surface area contributed by atoms with E-state index < -0.39 is 5.97 Å². The second-order valence-electron chi connectivity index (χ2n) is 6.85. The van der Waals surface area contributed by atoms with E-state index in [0.29, 0.717) is 10.8 Å². The Kier molecular flexibility index (Phi) is 5.23. The van der Waals surface area contributed by atoms with Crippen molar-refractivity contribution in [1.82, 2.24) is 0 Å². The summed E-state index contributed by atoms with van der Waals surface area (Å²) < 4.78 is 5.19. The van der Waals surface area contributed by atoms with Gasteiger partial charge in [-0.1, -0.05) is 24.6 Å². The van der Waals surface area contributed by atoms with Crippen molar-refractivity contribution in [1.29, 1.82) is 0 Å². The van der Waals surface area contributed by atoms with E-state index in [1.807, 2.05) is 38.1 Å². The minimum Gasteiger partial charge on any atom is -0.451 e. The zero-order chi connectivity index (χ0) is 18.0. The van der Waals surface area contributed by atoms with Gasteiger partial charge in [0.2, 0.25) is 0 Å². The lowest BCUT2D eigenvalue weighted by molar-refractivity contribution is -0.119. The predicted octanol–water partition coefficient (Wildman–Crippen LogP) is 4.29. The molecule has 1 aliphatic rings. The first kappa shape index (κ1) is 17.7. The average molecular weight is 357 g/mol. The van der Waals surface area contributed by atoms with Gasteiger partial charge in [0, 0.05) is 10.6 Å². The quantitative estimate of drug-likeness (QED) is 0.831. The molecule has 1 heterocycles. The third-order valence-corrected chi connectivity index (χ3v) is 5.74. The van der Waals surface area contributed by atoms with Crippen LogP contribution in [0.5, 0.6) is 0 Å². The number of aryl methyl sites for hydroxylation is 3. The molecule has 25 heavy (non-hydrogen) atoms. The van der Waals surface area contributed by atoms with Crippen LogP contribution in [0.2, 0.25) is 0 Å². The van der Waals surface area contributed by atoms with Gasteiger partial charge in [-0.2, -0.15) is 0 Å². The monoisotopic (exact) mass is 357 g/mol. The van der Waals surface area contributed by atoms with Crippen LogP contribution >= 0.6 is 11.3 Å². The van der Waals surface area contributed by atoms with Crippen LogP contribution in [-0.4, -0.2) is 18.5 Å². The minimum absolute atomic E-state index is 0.273. The summed E-state index contributed by atoms with van der Waals surface area (Å²) in [4.78, 5) is 26.1. The number of esters is 1. The first-order chi connectivity index (χ1) is 11.9. The molecule has 0 bridgehead atoms. The highest BCUT2D eigenvalue weighted by Crippen LogP contribution is 2.32. The Balaban J connectivity index is 1.56. The number of rotatable bonds is 4. The SMILES string of the molecule is Cc1ccc(NC(=O)COC(=O)c2cc3c(s2)CC[C@H](C)C3)c(C)c1. The van der Waals surface area contributed by atoms with Crippen LogP contribution in [0, 0.1) is 19.8 Å². The maximum atomic E-state index is 12.2. The number of anilines is 1. The Bertz CT molecular complexity index is 809. The Morgan fingerprint density at radius 2 is 2.08 bits per heavy atom. The Morgan fingerprint density at radius 3 is 2.84 bits per heavy atom. The highest BCUT2D eigenvalue weighted by atomic mass is 32.1. The van der Waals surface area contributed by atoms with Crippen molar-refractivity contribution in [2.75, 3.05) is 11.9 Å². The largest absolute Gasteiger partial charge is 0.451 e. The smallest absolute Gasteiger partial charge is 0.348 e. The van der Waals surface area contributed by atoms with E-state index in [1.165, 1.54) is 28.2 Å². The average Bonchev–Trinajstić information content (AvgIpc) is 2.98. The number of benzene rings is 1. The molecule has 4 nitrogen and oxygen atoms in total. The number of ether oxygens (including phenoxy) is 1. The van der Waals surface area contributed by atoms with Gasteiger partial charge in [-0.05, 0) is 62.3 Å². The summed E-state index contributed by atoms with van der Waals surface area (Å²) in [6.07, 6.45) is 3.22. The van der Waals surface area contributed by atoms with Gasteiger partial charge in [-0.25, -0.2) is 4.79 Å². The minimum atomic E-state index is -0.414. The van der Waals surface area contributed by atoms with Crippen LogP contribution < -0.4 is 5.32 Å². The zero-order valence-corrected chi connectivity index (χ0v) is 15.7. The van der Waals surface area contributed by atoms with Crippen molar-refractivity contribution in [2.45, 2.75) is 40.0 Å². The van der Waals surface area contributed by atoms with E-state index in [-0.39, 0.29) is 12.5 Å². The van der Waals surface area contributed by atoms with Gasteiger partial charge in [0.25, 0.3) is 5.91 Å². The summed E-state index contributed by atoms with van der Waals surface area (Å²) in [5.74, 6) is -0.0763. The first-order valence-corrected chi connectivity index (χ1v) is 9.40. The van der Waals surface area contributed by atoms with Gasteiger partial charge in [0.15, 0.2) is 6.61 Å². The zero-order valence-electron chi connectivity index (χ0n) is 14.8. The lowest BCUT2D eigenvalue weighted by Crippen LogP contribution is -2.21. The Hall–Kier alpha value is -2.14. The van der Waals surface area contributed by atoms with Gasteiger partial charge in [-0.15, -0.1) is 11.3 Å². The number of thiophene rings is 1. The lowest BCUT2D eigenvalue weighted by Gasteiger charge is -2.16. The Morgan fingerprint density at radius 1 is 1.28 bits per heavy atom. The summed E-state index contributed by atoms with van der Waals surface area (Å²) in [6, 6.07) is 7.73. The molecule has 0 unspecified atom stereocenters. The highest BCUT2D eigenvalue weighted by molar-refractivity contribution is 7.14. The van der Waals surface area contributed by atoms with E-state index in [1.54, 1.807) is 0 Å². The van der Waals surface area contributed by atoms with Gasteiger partial charge in [-0.3, -0.25) is 4.79 Å². The van der Waals surface area contributed by atoms with E-state index in [2.05, 4.69) is 12.2 Å². The van der Waals surface area contributed by atoms with Gasteiger partial charge in [0.1, 0.15) is 4.88 Å². The highest BCUT2D eigenvalue weighted by Gasteiger charge is 2.21. The van der Waals surface area contributed by atoms with Crippen LogP contribution in [0.15, 0.2) is 24.3 Å². The molecular weight excluding hydrogens is 334 g/mol. The van der Waals surface area contributed by atoms with E-state index >= 15 is 0 Å². The second kappa shape index (κ2) is 7.40. The topological polar surface area (TPSA) is 55.4 Å². The number of nitrogens with one attached hydrogen (secondary N) is 1. The molecule has 1 amide bonds. The molecule has 2 aromatic rings. The summed E-state index contributed by atoms with van der Waals surface area (Å²) in [5.41, 5.74) is 4.13. The standard InChI is InChI=1S/C20H23NO3S/c1-12-4-6-16(14(3)8-12)21-19(22)11-24-20(23)18-10-15-9-13(2)5-7-17(15)25-18/h4,6,8,10,13H,5,7,9,11H2,1-3H3,(H,21,22)/t13-/m0/s1. The van der Waals surface area contributed by atoms with Gasteiger partial charge >= 0.3 is 5.97 Å². The molecule has 5 heteroatoms. The molecule has 0 aliphatic heterocycles. The fourth-order valence-corrected chi connectivity index (χ4v) is 4.25. The van der Waals surface area contributed by atoms with Crippen molar-refractivity contribution >= 4 is 28.9 Å². The molecule has 1 aromatic carbocycles. The number of hydrogen-bond donors (Lipinski definition) is 1. The molecule has 3 rings (SSSR count). The number of hydrogen-bond acceptors (Lipinski definition) is 4. The maximum absolute atomic E-state index is 12.2. The third kappa shape index (κ3) is 4.28. The van der Waals surface area contributed by atoms with Crippen molar-refractivity contribution in [3.05, 3.63) is 50.7 Å². The lowest BCUT2D eigenvalue weighted by atomic mass is 9.90. The van der Waals surface area contributed by atoms with Crippen LogP contribution in [0.4, 0.5) is 5.69 Å². The van der Waals surface area contributed by atoms with Crippen molar-refractivity contribution in [2.24, 2.45) is 5.92 Å². The van der Waals surface area contributed by atoms with Crippen LogP contribution in [-0.2, 0) is 22.4 Å². The fraction of sp³-hybridized carbons (Fsp3) is 0.400. The van der Waals surface area contributed by atoms with Crippen LogP contribution in [0.1, 0.15) is 44.6 Å². The summed E-state index contributed by atoms with van der Waals surface area (Å²) in [7, 11) is 0. The molecule has 0 fully saturated rings. The first-order valence-electron chi connectivity index (χ1n) is 8.58. The summed E-state index contributed by atoms with van der Waals surface area (Å²) in [6.45, 7) is 5.90. The van der Waals surface area contributed by atoms with Gasteiger partial charge in [0.05, 0.1) is 0 Å². The van der Waals surface area contributed by atoms with Crippen molar-refractivity contribution in [3.8, 4) is 0 Å². The molecule has 0 spiro atoms. The fourth-order valence-electron chi connectivity index (χ4n) is 3.15. The van der Waals surface area contributed by atoms with Crippen molar-refractivity contribution in [3.63, 3.8) is 0 Å². The molecule has 1 aliphatic carbocycles. The summed E-state index contributed by atoms with van der Waals surface area (Å²) in [5, 5.41) is 2.79. The maximum Gasteiger partial charge on any atom is 0.348 e. The number of fused-ring (bicyclic) bond motifs is 1. The normalized spacial score (nSPS) is 16.2. The number of carbonyl (C=O) groups excluding carboxylic acids is 2. The molecule has 0 radical (unpaired) electrons. The molecule has 1 N–H and O–H groups in total.